The Hall–Kier alpha value is -2.40. The van der Waals surface area contributed by atoms with Gasteiger partial charge in [0, 0.05) is 32.7 Å². The summed E-state index contributed by atoms with van der Waals surface area (Å²) in [4.78, 5) is 21.4. The average Bonchev–Trinajstić information content (AvgIpc) is 2.61. The highest BCUT2D eigenvalue weighted by atomic mass is 16.3. The zero-order chi connectivity index (χ0) is 18.0. The van der Waals surface area contributed by atoms with E-state index in [2.05, 4.69) is 13.0 Å². The van der Waals surface area contributed by atoms with Gasteiger partial charge in [-0.15, -0.1) is 0 Å². The summed E-state index contributed by atoms with van der Waals surface area (Å²) < 4.78 is 0. The molecular formula is C20H25N3O2. The molecule has 0 spiro atoms. The average molecular weight is 339 g/mol. The van der Waals surface area contributed by atoms with Gasteiger partial charge in [0.15, 0.2) is 0 Å². The highest BCUT2D eigenvalue weighted by molar-refractivity contribution is 5.99. The summed E-state index contributed by atoms with van der Waals surface area (Å²) in [5.41, 5.74) is 3.71. The van der Waals surface area contributed by atoms with E-state index < -0.39 is 0 Å². The first-order valence-electron chi connectivity index (χ1n) is 8.69. The Balaban J connectivity index is 1.95. The van der Waals surface area contributed by atoms with Crippen molar-refractivity contribution < 1.29 is 9.90 Å². The Morgan fingerprint density at radius 3 is 2.48 bits per heavy atom. The van der Waals surface area contributed by atoms with Crippen molar-refractivity contribution in [3.05, 3.63) is 47.5 Å². The number of rotatable bonds is 3. The second-order valence-electron chi connectivity index (χ2n) is 6.80. The van der Waals surface area contributed by atoms with Crippen LogP contribution in [-0.2, 0) is 0 Å². The van der Waals surface area contributed by atoms with Gasteiger partial charge in [0.05, 0.1) is 17.4 Å². The molecule has 1 saturated heterocycles. The number of anilines is 1. The predicted octanol–water partition coefficient (Wildman–Crippen LogP) is 2.72. The van der Waals surface area contributed by atoms with Crippen molar-refractivity contribution in [3.63, 3.8) is 0 Å². The standard InChI is InChI=1S/C20H25N3O2/c1-14-6-4-5-7-16(14)18-9-8-17(19(21-18)22(2)3)20(25)23-12-10-15(24)11-13-23/h4-9,15,24H,10-13H2,1-3H3. The van der Waals surface area contributed by atoms with E-state index in [1.807, 2.05) is 54.2 Å². The minimum Gasteiger partial charge on any atom is -0.393 e. The Morgan fingerprint density at radius 1 is 1.16 bits per heavy atom. The number of benzene rings is 1. The summed E-state index contributed by atoms with van der Waals surface area (Å²) in [6.07, 6.45) is 0.981. The fourth-order valence-corrected chi connectivity index (χ4v) is 3.21. The van der Waals surface area contributed by atoms with E-state index in [0.29, 0.717) is 37.3 Å². The maximum Gasteiger partial charge on any atom is 0.257 e. The molecule has 2 heterocycles. The van der Waals surface area contributed by atoms with Crippen LogP contribution < -0.4 is 4.90 Å². The van der Waals surface area contributed by atoms with E-state index in [1.165, 1.54) is 0 Å². The second-order valence-corrected chi connectivity index (χ2v) is 6.80. The number of hydrogen-bond donors (Lipinski definition) is 1. The van der Waals surface area contributed by atoms with Gasteiger partial charge < -0.3 is 14.9 Å². The fourth-order valence-electron chi connectivity index (χ4n) is 3.21. The van der Waals surface area contributed by atoms with Crippen LogP contribution in [0, 0.1) is 6.92 Å². The third-order valence-corrected chi connectivity index (χ3v) is 4.70. The number of aliphatic hydroxyl groups excluding tert-OH is 1. The molecule has 1 fully saturated rings. The molecule has 0 unspecified atom stereocenters. The zero-order valence-corrected chi connectivity index (χ0v) is 15.1. The lowest BCUT2D eigenvalue weighted by Crippen LogP contribution is -2.40. The highest BCUT2D eigenvalue weighted by Crippen LogP contribution is 2.27. The van der Waals surface area contributed by atoms with E-state index in [1.54, 1.807) is 0 Å². The minimum atomic E-state index is -0.293. The lowest BCUT2D eigenvalue weighted by molar-refractivity contribution is 0.0547. The first kappa shape index (κ1) is 17.4. The molecule has 0 bridgehead atoms. The molecule has 0 aliphatic carbocycles. The molecule has 0 saturated carbocycles. The molecule has 1 aliphatic rings. The molecule has 132 valence electrons. The van der Waals surface area contributed by atoms with E-state index in [-0.39, 0.29) is 12.0 Å². The van der Waals surface area contributed by atoms with Gasteiger partial charge in [0.25, 0.3) is 5.91 Å². The normalized spacial score (nSPS) is 15.3. The summed E-state index contributed by atoms with van der Waals surface area (Å²) in [6, 6.07) is 11.9. The Bertz CT molecular complexity index is 765. The number of likely N-dealkylation sites (tertiary alicyclic amines) is 1. The number of hydrogen-bond acceptors (Lipinski definition) is 4. The van der Waals surface area contributed by atoms with Gasteiger partial charge in [-0.3, -0.25) is 4.79 Å². The van der Waals surface area contributed by atoms with Crippen LogP contribution >= 0.6 is 0 Å². The lowest BCUT2D eigenvalue weighted by atomic mass is 10.0. The molecule has 1 N–H and O–H groups in total. The molecule has 0 radical (unpaired) electrons. The smallest absolute Gasteiger partial charge is 0.257 e. The maximum atomic E-state index is 12.9. The first-order chi connectivity index (χ1) is 12.0. The third-order valence-electron chi connectivity index (χ3n) is 4.70. The quantitative estimate of drug-likeness (QED) is 0.934. The van der Waals surface area contributed by atoms with Gasteiger partial charge in [0.1, 0.15) is 5.82 Å². The largest absolute Gasteiger partial charge is 0.393 e. The van der Waals surface area contributed by atoms with Crippen molar-refractivity contribution in [1.82, 2.24) is 9.88 Å². The molecule has 3 rings (SSSR count). The Morgan fingerprint density at radius 2 is 1.84 bits per heavy atom. The molecule has 1 amide bonds. The van der Waals surface area contributed by atoms with Crippen LogP contribution in [0.1, 0.15) is 28.8 Å². The first-order valence-corrected chi connectivity index (χ1v) is 8.69. The predicted molar refractivity (Wildman–Crippen MR) is 99.9 cm³/mol. The van der Waals surface area contributed by atoms with Crippen molar-refractivity contribution in [2.75, 3.05) is 32.1 Å². The summed E-state index contributed by atoms with van der Waals surface area (Å²) in [5.74, 6) is 0.663. The highest BCUT2D eigenvalue weighted by Gasteiger charge is 2.25. The summed E-state index contributed by atoms with van der Waals surface area (Å²) >= 11 is 0. The molecule has 1 aliphatic heterocycles. The van der Waals surface area contributed by atoms with Crippen LogP contribution in [0.4, 0.5) is 5.82 Å². The number of piperidine rings is 1. The van der Waals surface area contributed by atoms with Crippen LogP contribution in [0.5, 0.6) is 0 Å². The molecule has 1 aromatic heterocycles. The van der Waals surface area contributed by atoms with E-state index in [4.69, 9.17) is 4.98 Å². The van der Waals surface area contributed by atoms with Gasteiger partial charge in [-0.25, -0.2) is 4.98 Å². The van der Waals surface area contributed by atoms with Crippen LogP contribution in [0.15, 0.2) is 36.4 Å². The summed E-state index contributed by atoms with van der Waals surface area (Å²) in [7, 11) is 3.81. The molecule has 0 atom stereocenters. The van der Waals surface area contributed by atoms with Crippen molar-refractivity contribution >= 4 is 11.7 Å². The number of aryl methyl sites for hydroxylation is 1. The van der Waals surface area contributed by atoms with Gasteiger partial charge in [0.2, 0.25) is 0 Å². The van der Waals surface area contributed by atoms with Gasteiger partial charge in [-0.2, -0.15) is 0 Å². The number of amides is 1. The summed E-state index contributed by atoms with van der Waals surface area (Å²) in [5, 5.41) is 9.65. The Labute approximate surface area is 148 Å². The molecule has 25 heavy (non-hydrogen) atoms. The van der Waals surface area contributed by atoms with E-state index in [0.717, 1.165) is 16.8 Å². The molecule has 5 heteroatoms. The van der Waals surface area contributed by atoms with Crippen molar-refractivity contribution in [1.29, 1.82) is 0 Å². The van der Waals surface area contributed by atoms with Gasteiger partial charge in [-0.1, -0.05) is 24.3 Å². The number of nitrogens with zero attached hydrogens (tertiary/aromatic N) is 3. The summed E-state index contributed by atoms with van der Waals surface area (Å²) in [6.45, 7) is 3.24. The van der Waals surface area contributed by atoms with Gasteiger partial charge >= 0.3 is 0 Å². The zero-order valence-electron chi connectivity index (χ0n) is 15.1. The van der Waals surface area contributed by atoms with Crippen LogP contribution in [-0.4, -0.2) is 54.2 Å². The van der Waals surface area contributed by atoms with Crippen LogP contribution in [0.3, 0.4) is 0 Å². The molecule has 2 aromatic rings. The number of pyridine rings is 1. The molecular weight excluding hydrogens is 314 g/mol. The number of carbonyl (C=O) groups excluding carboxylic acids is 1. The maximum absolute atomic E-state index is 12.9. The fraction of sp³-hybridized carbons (Fsp3) is 0.400. The number of aliphatic hydroxyl groups is 1. The van der Waals surface area contributed by atoms with Gasteiger partial charge in [-0.05, 0) is 37.5 Å². The number of aromatic nitrogens is 1. The van der Waals surface area contributed by atoms with Crippen molar-refractivity contribution in [3.8, 4) is 11.3 Å². The minimum absolute atomic E-state index is 0.0144. The topological polar surface area (TPSA) is 56.7 Å². The number of carbonyl (C=O) groups is 1. The third kappa shape index (κ3) is 3.66. The molecule has 5 nitrogen and oxygen atoms in total. The SMILES string of the molecule is Cc1ccccc1-c1ccc(C(=O)N2CCC(O)CC2)c(N(C)C)n1. The van der Waals surface area contributed by atoms with Crippen molar-refractivity contribution in [2.45, 2.75) is 25.9 Å². The van der Waals surface area contributed by atoms with E-state index >= 15 is 0 Å². The monoisotopic (exact) mass is 339 g/mol. The molecule has 1 aromatic carbocycles. The van der Waals surface area contributed by atoms with Crippen LogP contribution in [0.2, 0.25) is 0 Å². The second kappa shape index (κ2) is 7.23. The van der Waals surface area contributed by atoms with Crippen LogP contribution in [0.25, 0.3) is 11.3 Å². The Kier molecular flexibility index (Phi) is 5.04. The lowest BCUT2D eigenvalue weighted by Gasteiger charge is -2.30. The van der Waals surface area contributed by atoms with Crippen molar-refractivity contribution in [2.24, 2.45) is 0 Å². The van der Waals surface area contributed by atoms with E-state index in [9.17, 15) is 9.90 Å².